The van der Waals surface area contributed by atoms with Crippen LogP contribution in [0.2, 0.25) is 0 Å². The van der Waals surface area contributed by atoms with Crippen molar-refractivity contribution in [2.45, 2.75) is 47.0 Å². The number of aromatic nitrogens is 4. The molecule has 160 valence electrons. The van der Waals surface area contributed by atoms with Gasteiger partial charge < -0.3 is 5.32 Å². The Morgan fingerprint density at radius 2 is 1.97 bits per heavy atom. The molecule has 2 N–H and O–H groups in total. The van der Waals surface area contributed by atoms with Crippen LogP contribution in [-0.2, 0) is 16.6 Å². The van der Waals surface area contributed by atoms with E-state index in [0.29, 0.717) is 43.6 Å². The maximum absolute atomic E-state index is 12.9. The van der Waals surface area contributed by atoms with Crippen LogP contribution in [0.4, 0.5) is 11.6 Å². The fourth-order valence-corrected chi connectivity index (χ4v) is 5.56. The number of nitrogens with one attached hydrogen (secondary N) is 2. The van der Waals surface area contributed by atoms with Crippen LogP contribution in [0, 0.1) is 19.8 Å². The van der Waals surface area contributed by atoms with E-state index in [2.05, 4.69) is 25.5 Å². The Morgan fingerprint density at radius 3 is 2.62 bits per heavy atom. The minimum Gasteiger partial charge on any atom is -0.323 e. The second kappa shape index (κ2) is 9.19. The quantitative estimate of drug-likeness (QED) is 0.678. The molecular weight excluding hydrogens is 390 g/mol. The molecular formula is C19H31N7O2S. The van der Waals surface area contributed by atoms with Crippen molar-refractivity contribution in [1.29, 1.82) is 0 Å². The molecule has 10 heteroatoms. The van der Waals surface area contributed by atoms with E-state index in [4.69, 9.17) is 0 Å². The zero-order valence-electron chi connectivity index (χ0n) is 17.6. The summed E-state index contributed by atoms with van der Waals surface area (Å²) in [5, 5.41) is 10.3. The van der Waals surface area contributed by atoms with Crippen molar-refractivity contribution in [2.24, 2.45) is 5.92 Å². The summed E-state index contributed by atoms with van der Waals surface area (Å²) >= 11 is 0. The van der Waals surface area contributed by atoms with Gasteiger partial charge in [0, 0.05) is 49.7 Å². The van der Waals surface area contributed by atoms with Gasteiger partial charge in [0.05, 0.1) is 0 Å². The zero-order chi connectivity index (χ0) is 21.0. The Morgan fingerprint density at radius 1 is 1.21 bits per heavy atom. The van der Waals surface area contributed by atoms with Gasteiger partial charge in [-0.05, 0) is 39.0 Å². The van der Waals surface area contributed by atoms with E-state index in [1.807, 2.05) is 39.8 Å². The molecule has 29 heavy (non-hydrogen) atoms. The molecule has 3 rings (SSSR count). The van der Waals surface area contributed by atoms with E-state index in [-0.39, 0.29) is 5.92 Å². The third kappa shape index (κ3) is 5.31. The van der Waals surface area contributed by atoms with Crippen molar-refractivity contribution < 1.29 is 8.42 Å². The van der Waals surface area contributed by atoms with Gasteiger partial charge in [-0.2, -0.15) is 22.1 Å². The number of anilines is 2. The summed E-state index contributed by atoms with van der Waals surface area (Å²) in [6.07, 6.45) is 2.59. The second-order valence-electron chi connectivity index (χ2n) is 7.52. The summed E-state index contributed by atoms with van der Waals surface area (Å²) in [5.74, 6) is 2.33. The molecule has 0 saturated carbocycles. The lowest BCUT2D eigenvalue weighted by Gasteiger charge is -2.35. The van der Waals surface area contributed by atoms with Gasteiger partial charge in [0.15, 0.2) is 5.82 Å². The summed E-state index contributed by atoms with van der Waals surface area (Å²) in [4.78, 5) is 9.01. The van der Waals surface area contributed by atoms with Crippen molar-refractivity contribution in [3.05, 3.63) is 29.3 Å². The molecule has 0 unspecified atom stereocenters. The van der Waals surface area contributed by atoms with Gasteiger partial charge in [-0.15, -0.1) is 0 Å². The lowest BCUT2D eigenvalue weighted by Crippen LogP contribution is -2.48. The molecule has 0 bridgehead atoms. The lowest BCUT2D eigenvalue weighted by atomic mass is 9.94. The first-order chi connectivity index (χ1) is 13.8. The third-order valence-corrected chi connectivity index (χ3v) is 7.34. The van der Waals surface area contributed by atoms with E-state index in [1.165, 1.54) is 4.31 Å². The summed E-state index contributed by atoms with van der Waals surface area (Å²) in [6.45, 7) is 9.66. The highest BCUT2D eigenvalue weighted by Gasteiger charge is 2.32. The van der Waals surface area contributed by atoms with Crippen molar-refractivity contribution in [3.63, 3.8) is 0 Å². The number of nitrogens with zero attached hydrogens (tertiary/aromatic N) is 5. The molecule has 1 fully saturated rings. The predicted octanol–water partition coefficient (Wildman–Crippen LogP) is 2.40. The molecule has 1 saturated heterocycles. The fraction of sp³-hybridized carbons (Fsp3) is 0.632. The Balaban J connectivity index is 1.70. The van der Waals surface area contributed by atoms with E-state index >= 15 is 0 Å². The van der Waals surface area contributed by atoms with Gasteiger partial charge in [0.1, 0.15) is 11.6 Å². The molecule has 1 atom stereocenters. The maximum atomic E-state index is 12.9. The van der Waals surface area contributed by atoms with Crippen LogP contribution >= 0.6 is 0 Å². The number of hydrogen-bond donors (Lipinski definition) is 2. The number of piperidine rings is 1. The van der Waals surface area contributed by atoms with Gasteiger partial charge >= 0.3 is 0 Å². The summed E-state index contributed by atoms with van der Waals surface area (Å²) in [6, 6.07) is 3.84. The van der Waals surface area contributed by atoms with Crippen LogP contribution in [0.15, 0.2) is 12.1 Å². The monoisotopic (exact) mass is 421 g/mol. The third-order valence-electron chi connectivity index (χ3n) is 5.19. The average Bonchev–Trinajstić information content (AvgIpc) is 3.07. The number of rotatable bonds is 8. The molecule has 1 aliphatic heterocycles. The van der Waals surface area contributed by atoms with Crippen molar-refractivity contribution >= 4 is 21.8 Å². The predicted molar refractivity (Wildman–Crippen MR) is 113 cm³/mol. The first kappa shape index (κ1) is 21.7. The molecule has 1 aliphatic rings. The van der Waals surface area contributed by atoms with Crippen molar-refractivity contribution in [3.8, 4) is 0 Å². The Kier molecular flexibility index (Phi) is 6.86. The minimum atomic E-state index is -3.39. The van der Waals surface area contributed by atoms with E-state index in [1.54, 1.807) is 4.31 Å². The summed E-state index contributed by atoms with van der Waals surface area (Å²) in [7, 11) is -3.39. The molecule has 9 nitrogen and oxygen atoms in total. The molecule has 2 aromatic heterocycles. The Hall–Kier alpha value is -2.04. The molecule has 2 aromatic rings. The number of hydrogen-bond acceptors (Lipinski definition) is 6. The van der Waals surface area contributed by atoms with Crippen LogP contribution in [0.5, 0.6) is 0 Å². The molecule has 0 radical (unpaired) electrons. The summed E-state index contributed by atoms with van der Waals surface area (Å²) in [5.41, 5.74) is 1.88. The molecule has 0 aromatic carbocycles. The zero-order valence-corrected chi connectivity index (χ0v) is 18.5. The maximum Gasteiger partial charge on any atom is 0.281 e. The van der Waals surface area contributed by atoms with E-state index in [0.717, 1.165) is 30.7 Å². The van der Waals surface area contributed by atoms with Gasteiger partial charge in [-0.3, -0.25) is 5.10 Å². The van der Waals surface area contributed by atoms with Gasteiger partial charge in [-0.25, -0.2) is 9.97 Å². The van der Waals surface area contributed by atoms with Crippen LogP contribution in [0.3, 0.4) is 0 Å². The number of aromatic amines is 1. The highest BCUT2D eigenvalue weighted by atomic mass is 32.2. The van der Waals surface area contributed by atoms with Gasteiger partial charge in [0.2, 0.25) is 0 Å². The molecule has 3 heterocycles. The lowest BCUT2D eigenvalue weighted by molar-refractivity contribution is 0.247. The molecule has 0 spiro atoms. The second-order valence-corrected chi connectivity index (χ2v) is 9.44. The average molecular weight is 422 g/mol. The smallest absolute Gasteiger partial charge is 0.281 e. The van der Waals surface area contributed by atoms with Crippen LogP contribution in [0.25, 0.3) is 0 Å². The highest BCUT2D eigenvalue weighted by molar-refractivity contribution is 7.86. The minimum absolute atomic E-state index is 0.240. The standard InChI is InChI=1S/C19H31N7O2S/c1-5-25(6-2)29(27,28)26-9-7-8-16(13-26)11-17-12-18(21-15(4)20-17)22-19-10-14(3)23-24-19/h10,12,16H,5-9,11,13H2,1-4H3,(H2,20,21,22,23,24)/t16-/m1/s1. The largest absolute Gasteiger partial charge is 0.323 e. The van der Waals surface area contributed by atoms with E-state index in [9.17, 15) is 8.42 Å². The topological polar surface area (TPSA) is 107 Å². The first-order valence-electron chi connectivity index (χ1n) is 10.2. The van der Waals surface area contributed by atoms with Crippen molar-refractivity contribution in [1.82, 2.24) is 28.8 Å². The van der Waals surface area contributed by atoms with E-state index < -0.39 is 10.2 Å². The van der Waals surface area contributed by atoms with Crippen LogP contribution in [0.1, 0.15) is 43.9 Å². The van der Waals surface area contributed by atoms with Crippen molar-refractivity contribution in [2.75, 3.05) is 31.5 Å². The normalized spacial score (nSPS) is 18.3. The SMILES string of the molecule is CCN(CC)S(=O)(=O)N1CCC[C@H](Cc2cc(Nc3cc(C)[nH]n3)nc(C)n2)C1. The number of aryl methyl sites for hydroxylation is 2. The number of H-pyrrole nitrogens is 1. The molecule has 0 aliphatic carbocycles. The summed E-state index contributed by atoms with van der Waals surface area (Å²) < 4.78 is 28.9. The fourth-order valence-electron chi connectivity index (χ4n) is 3.82. The van der Waals surface area contributed by atoms with Gasteiger partial charge in [-0.1, -0.05) is 13.8 Å². The van der Waals surface area contributed by atoms with Crippen LogP contribution in [-0.4, -0.2) is 63.4 Å². The Labute approximate surface area is 173 Å². The first-order valence-corrected chi connectivity index (χ1v) is 11.6. The van der Waals surface area contributed by atoms with Gasteiger partial charge in [0.25, 0.3) is 10.2 Å². The molecule has 0 amide bonds. The van der Waals surface area contributed by atoms with Crippen LogP contribution < -0.4 is 5.32 Å². The Bertz CT molecular complexity index is 924. The highest BCUT2D eigenvalue weighted by Crippen LogP contribution is 2.25.